The predicted molar refractivity (Wildman–Crippen MR) is 366 cm³/mol. The Balaban J connectivity index is 0.000000172. The van der Waals surface area contributed by atoms with Gasteiger partial charge in [-0.3, -0.25) is 23.8 Å². The summed E-state index contributed by atoms with van der Waals surface area (Å²) in [4.78, 5) is 29.9. The van der Waals surface area contributed by atoms with Gasteiger partial charge in [0.15, 0.2) is 0 Å². The van der Waals surface area contributed by atoms with Crippen LogP contribution in [-0.2, 0) is 43.3 Å². The molecule has 3 atom stereocenters. The smallest absolute Gasteiger partial charge is 0.411 e. The van der Waals surface area contributed by atoms with Crippen molar-refractivity contribution in [3.8, 4) is 11.1 Å². The van der Waals surface area contributed by atoms with E-state index in [0.29, 0.717) is 31.8 Å². The number of aromatic nitrogens is 7. The molecular weight excluding hydrogens is 1520 g/mol. The summed E-state index contributed by atoms with van der Waals surface area (Å²) in [5, 5.41) is 25.3. The van der Waals surface area contributed by atoms with Gasteiger partial charge in [0.25, 0.3) is 0 Å². The van der Waals surface area contributed by atoms with Gasteiger partial charge in [-0.1, -0.05) is 5.16 Å². The van der Waals surface area contributed by atoms with Gasteiger partial charge in [0.1, 0.15) is 30.8 Å². The molecule has 1 N–H and O–H groups in total. The average molecular weight is 1600 g/mol. The van der Waals surface area contributed by atoms with E-state index in [2.05, 4.69) is 175 Å². The van der Waals surface area contributed by atoms with Crippen LogP contribution < -0.4 is 5.32 Å². The standard InChI is InChI=1S/C26H35BrN4O4.C21H29BrIN3O3.C16H21BrIN3O/c1-15-22(17(3)35-29-15)20-13-18(14-21-23(20)24(27)28-30(21)11-8-12-33-7)16(2)31(19-9-10-19)25(32)34-26(4,5)6;1-13(26(15-7-8-15)20(27)29-21(2,3)4)14-11-16(23)18-17(12-14)25(24-19(18)22)9-6-10-28-5;1-10(19-12-4-5-12)11-8-13(18)15-14(9-11)21(20-16(15)17)6-3-7-22-2/h13-14,16,19H,8-12H2,1-7H3;11-13,15H,6-10H2,1-5H3;8-10,12,19H,3-7H2,1-2H3. The molecule has 0 saturated heterocycles. The number of aryl methyl sites for hydroxylation is 5. The number of rotatable bonds is 22. The number of hydrogen-bond donors (Lipinski definition) is 1. The molecule has 0 bridgehead atoms. The minimum absolute atomic E-state index is 0.0728. The van der Waals surface area contributed by atoms with Crippen molar-refractivity contribution in [2.45, 2.75) is 201 Å². The zero-order chi connectivity index (χ0) is 62.5. The molecule has 470 valence electrons. The molecule has 0 aliphatic heterocycles. The number of nitrogens with one attached hydrogen (secondary N) is 1. The lowest BCUT2D eigenvalue weighted by atomic mass is 9.95. The Morgan fingerprint density at radius 1 is 0.616 bits per heavy atom. The van der Waals surface area contributed by atoms with E-state index in [-0.39, 0.29) is 36.4 Å². The molecular formula is C63H85Br3I2N10O8. The summed E-state index contributed by atoms with van der Waals surface area (Å²) < 4.78 is 43.6. The van der Waals surface area contributed by atoms with Gasteiger partial charge in [-0.25, -0.2) is 9.59 Å². The van der Waals surface area contributed by atoms with Gasteiger partial charge in [-0.15, -0.1) is 0 Å². The molecule has 4 heterocycles. The summed E-state index contributed by atoms with van der Waals surface area (Å²) in [5.41, 5.74) is 8.42. The van der Waals surface area contributed by atoms with Crippen molar-refractivity contribution >= 4 is 138 Å². The maximum atomic E-state index is 13.2. The van der Waals surface area contributed by atoms with E-state index < -0.39 is 11.2 Å². The van der Waals surface area contributed by atoms with E-state index in [1.54, 1.807) is 21.3 Å². The Morgan fingerprint density at radius 3 is 1.37 bits per heavy atom. The molecule has 18 nitrogen and oxygen atoms in total. The van der Waals surface area contributed by atoms with Gasteiger partial charge in [0.05, 0.1) is 34.3 Å². The third kappa shape index (κ3) is 17.3. The van der Waals surface area contributed by atoms with Crippen LogP contribution in [-0.4, -0.2) is 127 Å². The molecule has 3 aliphatic carbocycles. The second-order valence-electron chi connectivity index (χ2n) is 24.8. The molecule has 3 fully saturated rings. The first kappa shape index (κ1) is 68.5. The molecule has 3 aliphatic rings. The normalized spacial score (nSPS) is 15.5. The number of halogens is 5. The quantitative estimate of drug-likeness (QED) is 0.0501. The summed E-state index contributed by atoms with van der Waals surface area (Å²) >= 11 is 15.7. The Hall–Kier alpha value is -3.44. The van der Waals surface area contributed by atoms with Crippen LogP contribution in [0.1, 0.15) is 166 Å². The van der Waals surface area contributed by atoms with Gasteiger partial charge >= 0.3 is 12.2 Å². The highest BCUT2D eigenvalue weighted by Gasteiger charge is 2.41. The second kappa shape index (κ2) is 29.7. The average Bonchev–Trinajstić information content (AvgIpc) is 2.43. The lowest BCUT2D eigenvalue weighted by Gasteiger charge is -2.32. The molecule has 0 spiro atoms. The number of amides is 2. The van der Waals surface area contributed by atoms with E-state index in [1.807, 2.05) is 74.6 Å². The lowest BCUT2D eigenvalue weighted by Crippen LogP contribution is -2.39. The van der Waals surface area contributed by atoms with E-state index in [0.717, 1.165) is 138 Å². The summed E-state index contributed by atoms with van der Waals surface area (Å²) in [5.74, 6) is 0.749. The molecule has 86 heavy (non-hydrogen) atoms. The highest BCUT2D eigenvalue weighted by molar-refractivity contribution is 14.1. The van der Waals surface area contributed by atoms with Gasteiger partial charge in [-0.05, 0) is 286 Å². The van der Waals surface area contributed by atoms with Gasteiger partial charge in [0.2, 0.25) is 0 Å². The number of carbonyl (C=O) groups is 2. The zero-order valence-corrected chi connectivity index (χ0v) is 61.3. The summed E-state index contributed by atoms with van der Waals surface area (Å²) in [7, 11) is 5.15. The number of ether oxygens (including phenoxy) is 5. The molecule has 23 heteroatoms. The first-order valence-electron chi connectivity index (χ1n) is 29.8. The fraction of sp³-hybridized carbons (Fsp3) is 0.587. The molecule has 3 unspecified atom stereocenters. The van der Waals surface area contributed by atoms with Crippen LogP contribution in [0.15, 0.2) is 54.7 Å². The number of nitrogens with zero attached hydrogens (tertiary/aromatic N) is 9. The van der Waals surface area contributed by atoms with Gasteiger partial charge in [0, 0.05) is 114 Å². The SMILES string of the molecule is COCCCn1nc(Br)c2c(-c3c(C)noc3C)cc(C(C)N(C(=O)OC(C)(C)C)C3CC3)cc21.COCCCn1nc(Br)c2c(I)cc(C(C)N(C(=O)OC(C)(C)C)C3CC3)cc21.COCCCn1nc(Br)c2c(I)cc(C(C)NC3CC3)cc21. The summed E-state index contributed by atoms with van der Waals surface area (Å²) in [6.45, 7) is 26.2. The largest absolute Gasteiger partial charge is 0.444 e. The van der Waals surface area contributed by atoms with Crippen LogP contribution >= 0.6 is 93.0 Å². The molecule has 3 saturated carbocycles. The summed E-state index contributed by atoms with van der Waals surface area (Å²) in [6, 6.07) is 14.4. The first-order chi connectivity index (χ1) is 40.7. The molecule has 10 rings (SSSR count). The first-order valence-corrected chi connectivity index (χ1v) is 34.4. The Morgan fingerprint density at radius 2 is 1.00 bits per heavy atom. The number of benzene rings is 3. The molecule has 3 aromatic carbocycles. The minimum atomic E-state index is -0.555. The fourth-order valence-corrected chi connectivity index (χ4v) is 15.1. The van der Waals surface area contributed by atoms with Crippen LogP contribution in [0, 0.1) is 21.0 Å². The maximum Gasteiger partial charge on any atom is 0.411 e. The minimum Gasteiger partial charge on any atom is -0.444 e. The van der Waals surface area contributed by atoms with Crippen molar-refractivity contribution in [2.24, 2.45) is 0 Å². The zero-order valence-electron chi connectivity index (χ0n) is 52.2. The van der Waals surface area contributed by atoms with Crippen molar-refractivity contribution in [1.29, 1.82) is 0 Å². The maximum absolute atomic E-state index is 13.2. The lowest BCUT2D eigenvalue weighted by molar-refractivity contribution is 0.0142. The van der Waals surface area contributed by atoms with E-state index in [9.17, 15) is 9.59 Å². The molecule has 2 amide bonds. The van der Waals surface area contributed by atoms with Crippen molar-refractivity contribution in [2.75, 3.05) is 41.2 Å². The van der Waals surface area contributed by atoms with Crippen molar-refractivity contribution in [3.63, 3.8) is 0 Å². The van der Waals surface area contributed by atoms with Crippen molar-refractivity contribution in [3.05, 3.63) is 85.5 Å². The van der Waals surface area contributed by atoms with Gasteiger partial charge < -0.3 is 33.5 Å². The van der Waals surface area contributed by atoms with Crippen molar-refractivity contribution < 1.29 is 37.8 Å². The van der Waals surface area contributed by atoms with Crippen LogP contribution in [0.3, 0.4) is 0 Å². The van der Waals surface area contributed by atoms with Crippen LogP contribution in [0.4, 0.5) is 9.59 Å². The predicted octanol–water partition coefficient (Wildman–Crippen LogP) is 16.7. The Kier molecular flexibility index (Phi) is 23.6. The second-order valence-corrected chi connectivity index (χ2v) is 29.4. The van der Waals surface area contributed by atoms with Crippen molar-refractivity contribution in [1.82, 2.24) is 49.6 Å². The fourth-order valence-electron chi connectivity index (χ4n) is 10.7. The summed E-state index contributed by atoms with van der Waals surface area (Å²) in [6.07, 6.45) is 8.84. The van der Waals surface area contributed by atoms with E-state index in [4.69, 9.17) is 33.3 Å². The van der Waals surface area contributed by atoms with E-state index >= 15 is 0 Å². The monoisotopic (exact) mass is 1600 g/mol. The van der Waals surface area contributed by atoms with Gasteiger partial charge in [-0.2, -0.15) is 15.3 Å². The molecule has 4 aromatic heterocycles. The Labute approximate surface area is 559 Å². The number of hydrogen-bond acceptors (Lipinski definition) is 13. The number of fused-ring (bicyclic) bond motifs is 3. The molecule has 7 aromatic rings. The van der Waals surface area contributed by atoms with Crippen LogP contribution in [0.5, 0.6) is 0 Å². The third-order valence-electron chi connectivity index (χ3n) is 15.3. The highest BCUT2D eigenvalue weighted by Crippen LogP contribution is 2.44. The Bertz CT molecular complexity index is 3470. The van der Waals surface area contributed by atoms with Crippen LogP contribution in [0.2, 0.25) is 0 Å². The molecule has 0 radical (unpaired) electrons. The van der Waals surface area contributed by atoms with E-state index in [1.165, 1.54) is 32.9 Å². The topological polar surface area (TPSA) is 178 Å². The van der Waals surface area contributed by atoms with Crippen LogP contribution in [0.25, 0.3) is 43.8 Å². The number of carbonyl (C=O) groups excluding carboxylic acids is 2. The third-order valence-corrected chi connectivity index (χ3v) is 18.7. The highest BCUT2D eigenvalue weighted by atomic mass is 127. The number of methoxy groups -OCH3 is 3.